The number of hydrogen-bond donors (Lipinski definition) is 2. The summed E-state index contributed by atoms with van der Waals surface area (Å²) in [6.45, 7) is 6.35. The second-order valence-corrected chi connectivity index (χ2v) is 6.75. The number of unbranched alkanes of at least 4 members (excludes halogenated alkanes) is 1. The van der Waals surface area contributed by atoms with Crippen LogP contribution in [0.1, 0.15) is 44.0 Å². The first-order chi connectivity index (χ1) is 13.4. The Bertz CT molecular complexity index is 818. The van der Waals surface area contributed by atoms with Crippen LogP contribution < -0.4 is 20.1 Å². The van der Waals surface area contributed by atoms with Crippen LogP contribution in [0.3, 0.4) is 0 Å². The molecule has 0 spiro atoms. The minimum Gasteiger partial charge on any atom is -0.493 e. The number of nitrogens with one attached hydrogen (secondary N) is 2. The standard InChI is InChI=1S/C22H28N2O4/c1-5-6-12-28-19-11-10-16(13-20(19)27-4)22(26)24-18-9-7-8-17(14-18)23-21(25)15(2)3/h7-11,13-15H,5-6,12H2,1-4H3,(H,23,25)(H,24,26). The van der Waals surface area contributed by atoms with Crippen molar-refractivity contribution >= 4 is 23.2 Å². The molecule has 0 aliphatic carbocycles. The number of carbonyl (C=O) groups is 2. The van der Waals surface area contributed by atoms with Gasteiger partial charge in [0.2, 0.25) is 5.91 Å². The third kappa shape index (κ3) is 6.01. The molecule has 0 saturated carbocycles. The predicted octanol–water partition coefficient (Wildman–Crippen LogP) is 4.72. The average molecular weight is 384 g/mol. The van der Waals surface area contributed by atoms with E-state index in [1.165, 1.54) is 0 Å². The molecule has 0 saturated heterocycles. The number of hydrogen-bond acceptors (Lipinski definition) is 4. The first kappa shape index (κ1) is 21.3. The van der Waals surface area contributed by atoms with Crippen LogP contribution in [-0.4, -0.2) is 25.5 Å². The van der Waals surface area contributed by atoms with Crippen LogP contribution in [-0.2, 0) is 4.79 Å². The zero-order chi connectivity index (χ0) is 20.5. The van der Waals surface area contributed by atoms with Gasteiger partial charge in [0, 0.05) is 22.9 Å². The van der Waals surface area contributed by atoms with Crippen molar-refractivity contribution in [2.24, 2.45) is 5.92 Å². The third-order valence-corrected chi connectivity index (χ3v) is 4.09. The minimum atomic E-state index is -0.272. The van der Waals surface area contributed by atoms with Crippen molar-refractivity contribution < 1.29 is 19.1 Å². The second-order valence-electron chi connectivity index (χ2n) is 6.75. The molecule has 2 aromatic rings. The van der Waals surface area contributed by atoms with Crippen molar-refractivity contribution in [3.63, 3.8) is 0 Å². The van der Waals surface area contributed by atoms with E-state index in [4.69, 9.17) is 9.47 Å². The summed E-state index contributed by atoms with van der Waals surface area (Å²) >= 11 is 0. The molecule has 2 rings (SSSR count). The Hall–Kier alpha value is -3.02. The number of amides is 2. The summed E-state index contributed by atoms with van der Waals surface area (Å²) in [5.74, 6) is 0.661. The SMILES string of the molecule is CCCCOc1ccc(C(=O)Nc2cccc(NC(=O)C(C)C)c2)cc1OC. The van der Waals surface area contributed by atoms with Gasteiger partial charge in [0.25, 0.3) is 5.91 Å². The van der Waals surface area contributed by atoms with Gasteiger partial charge in [-0.2, -0.15) is 0 Å². The number of carbonyl (C=O) groups excluding carboxylic acids is 2. The first-order valence-corrected chi connectivity index (χ1v) is 9.47. The molecule has 150 valence electrons. The van der Waals surface area contributed by atoms with Crippen LogP contribution in [0.2, 0.25) is 0 Å². The van der Waals surface area contributed by atoms with E-state index in [2.05, 4.69) is 17.6 Å². The van der Waals surface area contributed by atoms with Gasteiger partial charge in [0.05, 0.1) is 13.7 Å². The van der Waals surface area contributed by atoms with Crippen LogP contribution >= 0.6 is 0 Å². The van der Waals surface area contributed by atoms with Gasteiger partial charge >= 0.3 is 0 Å². The summed E-state index contributed by atoms with van der Waals surface area (Å²) < 4.78 is 11.0. The van der Waals surface area contributed by atoms with E-state index < -0.39 is 0 Å². The summed E-state index contributed by atoms with van der Waals surface area (Å²) in [7, 11) is 1.55. The molecule has 2 N–H and O–H groups in total. The van der Waals surface area contributed by atoms with Gasteiger partial charge in [-0.05, 0) is 42.8 Å². The van der Waals surface area contributed by atoms with Crippen molar-refractivity contribution in [3.05, 3.63) is 48.0 Å². The molecular formula is C22H28N2O4. The zero-order valence-electron chi connectivity index (χ0n) is 16.9. The van der Waals surface area contributed by atoms with E-state index in [9.17, 15) is 9.59 Å². The van der Waals surface area contributed by atoms with Crippen LogP contribution in [0, 0.1) is 5.92 Å². The maximum atomic E-state index is 12.6. The molecule has 0 aliphatic rings. The third-order valence-electron chi connectivity index (χ3n) is 4.09. The molecule has 0 unspecified atom stereocenters. The summed E-state index contributed by atoms with van der Waals surface area (Å²) in [6.07, 6.45) is 1.99. The van der Waals surface area contributed by atoms with Crippen molar-refractivity contribution in [2.45, 2.75) is 33.6 Å². The topological polar surface area (TPSA) is 76.7 Å². The Labute approximate surface area is 166 Å². The smallest absolute Gasteiger partial charge is 0.255 e. The van der Waals surface area contributed by atoms with E-state index >= 15 is 0 Å². The summed E-state index contributed by atoms with van der Waals surface area (Å²) in [6, 6.07) is 12.1. The largest absolute Gasteiger partial charge is 0.493 e. The van der Waals surface area contributed by atoms with Crippen molar-refractivity contribution in [3.8, 4) is 11.5 Å². The molecule has 2 amide bonds. The van der Waals surface area contributed by atoms with Gasteiger partial charge in [0.1, 0.15) is 0 Å². The number of rotatable bonds is 9. The lowest BCUT2D eigenvalue weighted by Crippen LogP contribution is -2.18. The lowest BCUT2D eigenvalue weighted by Gasteiger charge is -2.13. The average Bonchev–Trinajstić information content (AvgIpc) is 2.68. The van der Waals surface area contributed by atoms with Crippen LogP contribution in [0.25, 0.3) is 0 Å². The van der Waals surface area contributed by atoms with Crippen molar-refractivity contribution in [1.82, 2.24) is 0 Å². The molecule has 0 heterocycles. The quantitative estimate of drug-likeness (QED) is 0.613. The van der Waals surface area contributed by atoms with Gasteiger partial charge in [-0.25, -0.2) is 0 Å². The van der Waals surface area contributed by atoms with Crippen LogP contribution in [0.15, 0.2) is 42.5 Å². The molecule has 0 bridgehead atoms. The fourth-order valence-corrected chi connectivity index (χ4v) is 2.42. The maximum Gasteiger partial charge on any atom is 0.255 e. The molecular weight excluding hydrogens is 356 g/mol. The summed E-state index contributed by atoms with van der Waals surface area (Å²) in [5, 5.41) is 5.66. The highest BCUT2D eigenvalue weighted by atomic mass is 16.5. The minimum absolute atomic E-state index is 0.0770. The monoisotopic (exact) mass is 384 g/mol. The van der Waals surface area contributed by atoms with E-state index in [0.717, 1.165) is 12.8 Å². The normalized spacial score (nSPS) is 10.5. The lowest BCUT2D eigenvalue weighted by molar-refractivity contribution is -0.118. The van der Waals surface area contributed by atoms with Crippen molar-refractivity contribution in [1.29, 1.82) is 0 Å². The fraction of sp³-hybridized carbons (Fsp3) is 0.364. The van der Waals surface area contributed by atoms with E-state index in [0.29, 0.717) is 35.0 Å². The molecule has 0 aromatic heterocycles. The molecule has 2 aromatic carbocycles. The van der Waals surface area contributed by atoms with Gasteiger partial charge in [-0.3, -0.25) is 9.59 Å². The molecule has 0 radical (unpaired) electrons. The molecule has 0 aliphatic heterocycles. The predicted molar refractivity (Wildman–Crippen MR) is 111 cm³/mol. The highest BCUT2D eigenvalue weighted by Gasteiger charge is 2.12. The number of anilines is 2. The zero-order valence-corrected chi connectivity index (χ0v) is 16.9. The maximum absolute atomic E-state index is 12.6. The number of methoxy groups -OCH3 is 1. The fourth-order valence-electron chi connectivity index (χ4n) is 2.42. The summed E-state index contributed by atoms with van der Waals surface area (Å²) in [5.41, 5.74) is 1.68. The first-order valence-electron chi connectivity index (χ1n) is 9.47. The Morgan fingerprint density at radius 1 is 1.00 bits per heavy atom. The van der Waals surface area contributed by atoms with E-state index in [-0.39, 0.29) is 17.7 Å². The Kier molecular flexibility index (Phi) is 7.87. The number of benzene rings is 2. The van der Waals surface area contributed by atoms with Gasteiger partial charge in [0.15, 0.2) is 11.5 Å². The Morgan fingerprint density at radius 3 is 2.36 bits per heavy atom. The summed E-state index contributed by atoms with van der Waals surface area (Å²) in [4.78, 5) is 24.4. The molecule has 6 heteroatoms. The van der Waals surface area contributed by atoms with Crippen molar-refractivity contribution in [2.75, 3.05) is 24.4 Å². The highest BCUT2D eigenvalue weighted by molar-refractivity contribution is 6.05. The Morgan fingerprint density at radius 2 is 1.71 bits per heavy atom. The van der Waals surface area contributed by atoms with Gasteiger partial charge < -0.3 is 20.1 Å². The van der Waals surface area contributed by atoms with E-state index in [1.807, 2.05) is 13.8 Å². The van der Waals surface area contributed by atoms with Gasteiger partial charge in [-0.1, -0.05) is 33.3 Å². The van der Waals surface area contributed by atoms with Crippen LogP contribution in [0.5, 0.6) is 11.5 Å². The molecule has 0 fully saturated rings. The molecule has 0 atom stereocenters. The molecule has 28 heavy (non-hydrogen) atoms. The number of ether oxygens (including phenoxy) is 2. The molecule has 6 nitrogen and oxygen atoms in total. The van der Waals surface area contributed by atoms with Gasteiger partial charge in [-0.15, -0.1) is 0 Å². The van der Waals surface area contributed by atoms with Crippen LogP contribution in [0.4, 0.5) is 11.4 Å². The second kappa shape index (κ2) is 10.3. The Balaban J connectivity index is 2.09. The van der Waals surface area contributed by atoms with E-state index in [1.54, 1.807) is 49.6 Å². The highest BCUT2D eigenvalue weighted by Crippen LogP contribution is 2.29. The lowest BCUT2D eigenvalue weighted by atomic mass is 10.1.